The van der Waals surface area contributed by atoms with Gasteiger partial charge in [0, 0.05) is 24.6 Å². The first kappa shape index (κ1) is 12.8. The zero-order valence-electron chi connectivity index (χ0n) is 10.1. The molecule has 3 N–H and O–H groups in total. The third kappa shape index (κ3) is 2.99. The first-order valence-corrected chi connectivity index (χ1v) is 7.19. The molecule has 0 amide bonds. The van der Waals surface area contributed by atoms with E-state index in [4.69, 9.17) is 0 Å². The molecule has 2 heterocycles. The number of aromatic nitrogens is 3. The zero-order valence-corrected chi connectivity index (χ0v) is 10.9. The van der Waals surface area contributed by atoms with E-state index in [0.717, 1.165) is 24.1 Å². The maximum atomic E-state index is 11.8. The minimum absolute atomic E-state index is 0.266. The molecule has 0 atom stereocenters. The van der Waals surface area contributed by atoms with Crippen LogP contribution >= 0.6 is 0 Å². The smallest absolute Gasteiger partial charge is 0.242 e. The van der Waals surface area contributed by atoms with E-state index >= 15 is 0 Å². The van der Waals surface area contributed by atoms with Crippen molar-refractivity contribution in [1.82, 2.24) is 19.9 Å². The Labute approximate surface area is 106 Å². The highest BCUT2D eigenvalue weighted by Crippen LogP contribution is 2.08. The van der Waals surface area contributed by atoms with E-state index in [1.54, 1.807) is 12.4 Å². The SMILES string of the molecule is Cc1[nH]ncc1CCCNS(=O)(=O)c1cc[nH]c1. The van der Waals surface area contributed by atoms with Gasteiger partial charge in [0.2, 0.25) is 10.0 Å². The lowest BCUT2D eigenvalue weighted by Crippen LogP contribution is -2.24. The molecule has 7 heteroatoms. The van der Waals surface area contributed by atoms with Gasteiger partial charge in [0.25, 0.3) is 0 Å². The van der Waals surface area contributed by atoms with Gasteiger partial charge in [-0.05, 0) is 31.4 Å². The quantitative estimate of drug-likeness (QED) is 0.681. The molecule has 2 rings (SSSR count). The molecule has 0 saturated carbocycles. The second kappa shape index (κ2) is 5.36. The standard InChI is InChI=1S/C11H16N4O2S/c1-9-10(7-13-15-9)3-2-5-14-18(16,17)11-4-6-12-8-11/h4,6-8,12,14H,2-3,5H2,1H3,(H,13,15). The van der Waals surface area contributed by atoms with Crippen LogP contribution < -0.4 is 4.72 Å². The Morgan fingerprint density at radius 3 is 2.89 bits per heavy atom. The molecule has 0 fully saturated rings. The van der Waals surface area contributed by atoms with Crippen molar-refractivity contribution in [3.05, 3.63) is 35.9 Å². The van der Waals surface area contributed by atoms with Crippen molar-refractivity contribution in [2.75, 3.05) is 6.54 Å². The van der Waals surface area contributed by atoms with Gasteiger partial charge in [0.15, 0.2) is 0 Å². The van der Waals surface area contributed by atoms with Gasteiger partial charge in [0.05, 0.1) is 11.1 Å². The summed E-state index contributed by atoms with van der Waals surface area (Å²) in [6.45, 7) is 2.37. The number of aryl methyl sites for hydroxylation is 2. The third-order valence-corrected chi connectivity index (χ3v) is 4.19. The van der Waals surface area contributed by atoms with Gasteiger partial charge in [0.1, 0.15) is 0 Å². The van der Waals surface area contributed by atoms with E-state index in [9.17, 15) is 8.42 Å². The minimum Gasteiger partial charge on any atom is -0.366 e. The van der Waals surface area contributed by atoms with Crippen molar-refractivity contribution in [1.29, 1.82) is 0 Å². The molecule has 0 aromatic carbocycles. The second-order valence-electron chi connectivity index (χ2n) is 4.07. The van der Waals surface area contributed by atoms with Crippen molar-refractivity contribution >= 4 is 10.0 Å². The van der Waals surface area contributed by atoms with Gasteiger partial charge in [-0.15, -0.1) is 0 Å². The van der Waals surface area contributed by atoms with Crippen LogP contribution in [0.5, 0.6) is 0 Å². The van der Waals surface area contributed by atoms with Gasteiger partial charge in [-0.2, -0.15) is 5.10 Å². The lowest BCUT2D eigenvalue weighted by molar-refractivity contribution is 0.579. The molecular formula is C11H16N4O2S. The van der Waals surface area contributed by atoms with Crippen molar-refractivity contribution in [2.24, 2.45) is 0 Å². The van der Waals surface area contributed by atoms with Gasteiger partial charge in [-0.3, -0.25) is 5.10 Å². The van der Waals surface area contributed by atoms with E-state index in [2.05, 4.69) is 19.9 Å². The fraction of sp³-hybridized carbons (Fsp3) is 0.364. The van der Waals surface area contributed by atoms with Crippen molar-refractivity contribution in [3.63, 3.8) is 0 Å². The number of aromatic amines is 2. The van der Waals surface area contributed by atoms with Gasteiger partial charge >= 0.3 is 0 Å². The van der Waals surface area contributed by atoms with E-state index in [1.165, 1.54) is 12.3 Å². The molecule has 0 aliphatic carbocycles. The van der Waals surface area contributed by atoms with Crippen LogP contribution in [0, 0.1) is 6.92 Å². The lowest BCUT2D eigenvalue weighted by atomic mass is 10.1. The topological polar surface area (TPSA) is 90.6 Å². The summed E-state index contributed by atoms with van der Waals surface area (Å²) < 4.78 is 26.1. The summed E-state index contributed by atoms with van der Waals surface area (Å²) in [5.41, 5.74) is 2.15. The van der Waals surface area contributed by atoms with E-state index in [-0.39, 0.29) is 4.90 Å². The highest BCUT2D eigenvalue weighted by atomic mass is 32.2. The van der Waals surface area contributed by atoms with Gasteiger partial charge < -0.3 is 4.98 Å². The Balaban J connectivity index is 1.81. The Kier molecular flexibility index (Phi) is 3.83. The number of rotatable bonds is 6. The van der Waals surface area contributed by atoms with Crippen LogP contribution in [0.25, 0.3) is 0 Å². The highest BCUT2D eigenvalue weighted by molar-refractivity contribution is 7.89. The highest BCUT2D eigenvalue weighted by Gasteiger charge is 2.13. The molecule has 2 aromatic heterocycles. The Morgan fingerprint density at radius 2 is 2.28 bits per heavy atom. The van der Waals surface area contributed by atoms with E-state index in [1.807, 2.05) is 6.92 Å². The molecular weight excluding hydrogens is 252 g/mol. The monoisotopic (exact) mass is 268 g/mol. The molecule has 0 saturated heterocycles. The first-order chi connectivity index (χ1) is 8.59. The van der Waals surface area contributed by atoms with Crippen LogP contribution in [0.2, 0.25) is 0 Å². The Bertz CT molecular complexity index is 586. The number of H-pyrrole nitrogens is 2. The average molecular weight is 268 g/mol. The van der Waals surface area contributed by atoms with Crippen LogP contribution in [-0.2, 0) is 16.4 Å². The maximum absolute atomic E-state index is 11.8. The largest absolute Gasteiger partial charge is 0.366 e. The van der Waals surface area contributed by atoms with Crippen LogP contribution in [0.4, 0.5) is 0 Å². The molecule has 0 bridgehead atoms. The molecule has 6 nitrogen and oxygen atoms in total. The molecule has 0 aliphatic heterocycles. The summed E-state index contributed by atoms with van der Waals surface area (Å²) in [5, 5.41) is 6.78. The number of hydrogen-bond acceptors (Lipinski definition) is 3. The fourth-order valence-corrected chi connectivity index (χ4v) is 2.72. The molecule has 98 valence electrons. The molecule has 0 radical (unpaired) electrons. The second-order valence-corrected chi connectivity index (χ2v) is 5.84. The summed E-state index contributed by atoms with van der Waals surface area (Å²) in [4.78, 5) is 2.99. The average Bonchev–Trinajstić information content (AvgIpc) is 2.96. The predicted molar refractivity (Wildman–Crippen MR) is 67.6 cm³/mol. The summed E-state index contributed by atoms with van der Waals surface area (Å²) in [5.74, 6) is 0. The first-order valence-electron chi connectivity index (χ1n) is 5.71. The molecule has 0 spiro atoms. The molecule has 0 unspecified atom stereocenters. The normalized spacial score (nSPS) is 11.8. The minimum atomic E-state index is -3.37. The fourth-order valence-electron chi connectivity index (χ4n) is 1.67. The van der Waals surface area contributed by atoms with Crippen LogP contribution in [0.15, 0.2) is 29.6 Å². The summed E-state index contributed by atoms with van der Waals surface area (Å²) in [6, 6.07) is 1.53. The summed E-state index contributed by atoms with van der Waals surface area (Å²) in [7, 11) is -3.37. The summed E-state index contributed by atoms with van der Waals surface area (Å²) in [6.07, 6.45) is 6.37. The van der Waals surface area contributed by atoms with Crippen molar-refractivity contribution in [3.8, 4) is 0 Å². The van der Waals surface area contributed by atoms with Crippen LogP contribution in [-0.4, -0.2) is 30.1 Å². The van der Waals surface area contributed by atoms with Crippen molar-refractivity contribution in [2.45, 2.75) is 24.7 Å². The number of nitrogens with one attached hydrogen (secondary N) is 3. The number of sulfonamides is 1. The maximum Gasteiger partial charge on any atom is 0.242 e. The van der Waals surface area contributed by atoms with Gasteiger partial charge in [-0.25, -0.2) is 13.1 Å². The molecule has 0 aliphatic rings. The van der Waals surface area contributed by atoms with Gasteiger partial charge in [-0.1, -0.05) is 0 Å². The van der Waals surface area contributed by atoms with Crippen LogP contribution in [0.3, 0.4) is 0 Å². The third-order valence-electron chi connectivity index (χ3n) is 2.73. The van der Waals surface area contributed by atoms with Crippen LogP contribution in [0.1, 0.15) is 17.7 Å². The van der Waals surface area contributed by atoms with E-state index < -0.39 is 10.0 Å². The predicted octanol–water partition coefficient (Wildman–Crippen LogP) is 0.957. The Morgan fingerprint density at radius 1 is 1.44 bits per heavy atom. The van der Waals surface area contributed by atoms with E-state index in [0.29, 0.717) is 6.54 Å². The summed E-state index contributed by atoms with van der Waals surface area (Å²) >= 11 is 0. The van der Waals surface area contributed by atoms with Crippen molar-refractivity contribution < 1.29 is 8.42 Å². The number of nitrogens with zero attached hydrogens (tertiary/aromatic N) is 1. The zero-order chi connectivity index (χ0) is 13.0. The molecule has 2 aromatic rings. The lowest BCUT2D eigenvalue weighted by Gasteiger charge is -2.04. The number of hydrogen-bond donors (Lipinski definition) is 3. The Hall–Kier alpha value is -1.60. The molecule has 18 heavy (non-hydrogen) atoms.